The SMILES string of the molecule is C=CCOc1ccccc1NCC(=O)NCc1ccco1. The van der Waals surface area contributed by atoms with Crippen molar-refractivity contribution >= 4 is 11.6 Å². The molecule has 0 spiro atoms. The van der Waals surface area contributed by atoms with Crippen LogP contribution in [0.3, 0.4) is 0 Å². The van der Waals surface area contributed by atoms with Gasteiger partial charge in [-0.25, -0.2) is 0 Å². The summed E-state index contributed by atoms with van der Waals surface area (Å²) in [6, 6.07) is 11.0. The molecule has 1 aromatic heterocycles. The van der Waals surface area contributed by atoms with E-state index in [2.05, 4.69) is 17.2 Å². The van der Waals surface area contributed by atoms with E-state index in [0.717, 1.165) is 11.4 Å². The maximum Gasteiger partial charge on any atom is 0.239 e. The van der Waals surface area contributed by atoms with Gasteiger partial charge in [-0.15, -0.1) is 0 Å². The summed E-state index contributed by atoms with van der Waals surface area (Å²) in [4.78, 5) is 11.8. The number of para-hydroxylation sites is 2. The lowest BCUT2D eigenvalue weighted by Gasteiger charge is -2.12. The van der Waals surface area contributed by atoms with Crippen LogP contribution in [-0.4, -0.2) is 19.1 Å². The number of nitrogens with one attached hydrogen (secondary N) is 2. The van der Waals surface area contributed by atoms with E-state index in [1.807, 2.05) is 30.3 Å². The number of hydrogen-bond donors (Lipinski definition) is 2. The van der Waals surface area contributed by atoms with Gasteiger partial charge >= 0.3 is 0 Å². The molecule has 0 aliphatic rings. The molecule has 2 N–H and O–H groups in total. The van der Waals surface area contributed by atoms with Gasteiger partial charge in [-0.05, 0) is 24.3 Å². The highest BCUT2D eigenvalue weighted by molar-refractivity contribution is 5.81. The van der Waals surface area contributed by atoms with Gasteiger partial charge < -0.3 is 19.8 Å². The van der Waals surface area contributed by atoms with Gasteiger partial charge in [0.15, 0.2) is 0 Å². The average molecular weight is 286 g/mol. The first-order valence-electron chi connectivity index (χ1n) is 6.65. The summed E-state index contributed by atoms with van der Waals surface area (Å²) in [5.74, 6) is 1.29. The molecule has 0 radical (unpaired) electrons. The molecule has 0 atom stereocenters. The number of benzene rings is 1. The summed E-state index contributed by atoms with van der Waals surface area (Å²) < 4.78 is 10.7. The quantitative estimate of drug-likeness (QED) is 0.732. The summed E-state index contributed by atoms with van der Waals surface area (Å²) in [5.41, 5.74) is 0.771. The Balaban J connectivity index is 1.81. The van der Waals surface area contributed by atoms with Crippen molar-refractivity contribution in [3.63, 3.8) is 0 Å². The topological polar surface area (TPSA) is 63.5 Å². The number of rotatable bonds is 8. The number of furan rings is 1. The van der Waals surface area contributed by atoms with Gasteiger partial charge in [-0.3, -0.25) is 4.79 Å². The molecule has 2 aromatic rings. The van der Waals surface area contributed by atoms with Crippen molar-refractivity contribution in [2.75, 3.05) is 18.5 Å². The molecule has 0 bridgehead atoms. The Bertz CT molecular complexity index is 579. The Morgan fingerprint density at radius 1 is 1.29 bits per heavy atom. The summed E-state index contributed by atoms with van der Waals surface area (Å²) in [5, 5.41) is 5.82. The highest BCUT2D eigenvalue weighted by Crippen LogP contribution is 2.23. The van der Waals surface area contributed by atoms with Crippen LogP contribution >= 0.6 is 0 Å². The van der Waals surface area contributed by atoms with Crippen molar-refractivity contribution < 1.29 is 13.9 Å². The lowest BCUT2D eigenvalue weighted by Crippen LogP contribution is -2.29. The fourth-order valence-corrected chi connectivity index (χ4v) is 1.72. The summed E-state index contributed by atoms with van der Waals surface area (Å²) in [7, 11) is 0. The predicted octanol–water partition coefficient (Wildman–Crippen LogP) is 2.57. The van der Waals surface area contributed by atoms with E-state index in [0.29, 0.717) is 18.9 Å². The van der Waals surface area contributed by atoms with Crippen LogP contribution in [0, 0.1) is 0 Å². The maximum atomic E-state index is 11.8. The number of carbonyl (C=O) groups is 1. The number of anilines is 1. The second-order valence-corrected chi connectivity index (χ2v) is 4.31. The Hall–Kier alpha value is -2.69. The number of carbonyl (C=O) groups excluding carboxylic acids is 1. The Morgan fingerprint density at radius 2 is 2.14 bits per heavy atom. The molecule has 0 aliphatic heterocycles. The van der Waals surface area contributed by atoms with Crippen LogP contribution in [0.4, 0.5) is 5.69 Å². The van der Waals surface area contributed by atoms with E-state index in [1.165, 1.54) is 0 Å². The van der Waals surface area contributed by atoms with Crippen LogP contribution in [0.1, 0.15) is 5.76 Å². The number of hydrogen-bond acceptors (Lipinski definition) is 4. The minimum Gasteiger partial charge on any atom is -0.487 e. The molecule has 110 valence electrons. The third-order valence-electron chi connectivity index (χ3n) is 2.72. The first kappa shape index (κ1) is 14.7. The molecule has 1 amide bonds. The van der Waals surface area contributed by atoms with Crippen LogP contribution in [-0.2, 0) is 11.3 Å². The molecule has 0 fully saturated rings. The van der Waals surface area contributed by atoms with E-state index in [4.69, 9.17) is 9.15 Å². The second kappa shape index (κ2) is 7.79. The zero-order valence-corrected chi connectivity index (χ0v) is 11.7. The van der Waals surface area contributed by atoms with Crippen LogP contribution in [0.25, 0.3) is 0 Å². The third-order valence-corrected chi connectivity index (χ3v) is 2.72. The normalized spacial score (nSPS) is 9.90. The minimum atomic E-state index is -0.120. The zero-order chi connectivity index (χ0) is 14.9. The van der Waals surface area contributed by atoms with E-state index < -0.39 is 0 Å². The van der Waals surface area contributed by atoms with Gasteiger partial charge in [0.2, 0.25) is 5.91 Å². The van der Waals surface area contributed by atoms with Crippen LogP contribution < -0.4 is 15.4 Å². The first-order valence-corrected chi connectivity index (χ1v) is 6.65. The Labute approximate surface area is 123 Å². The molecule has 0 saturated carbocycles. The second-order valence-electron chi connectivity index (χ2n) is 4.31. The average Bonchev–Trinajstić information content (AvgIpc) is 3.03. The molecule has 5 nitrogen and oxygen atoms in total. The van der Waals surface area contributed by atoms with Gasteiger partial charge in [-0.2, -0.15) is 0 Å². The maximum absolute atomic E-state index is 11.8. The molecular weight excluding hydrogens is 268 g/mol. The van der Waals surface area contributed by atoms with E-state index in [9.17, 15) is 4.79 Å². The van der Waals surface area contributed by atoms with Crippen molar-refractivity contribution in [1.82, 2.24) is 5.32 Å². The van der Waals surface area contributed by atoms with Crippen molar-refractivity contribution in [2.24, 2.45) is 0 Å². The van der Waals surface area contributed by atoms with Gasteiger partial charge in [0.1, 0.15) is 18.1 Å². The first-order chi connectivity index (χ1) is 10.3. The van der Waals surface area contributed by atoms with Crippen LogP contribution in [0.5, 0.6) is 5.75 Å². The molecular formula is C16H18N2O3. The minimum absolute atomic E-state index is 0.120. The lowest BCUT2D eigenvalue weighted by molar-refractivity contribution is -0.119. The standard InChI is InChI=1S/C16H18N2O3/c1-2-9-21-15-8-4-3-7-14(15)17-12-16(19)18-11-13-6-5-10-20-13/h2-8,10,17H,1,9,11-12H2,(H,18,19). The Morgan fingerprint density at radius 3 is 2.90 bits per heavy atom. The summed E-state index contributed by atoms with van der Waals surface area (Å²) in [6.07, 6.45) is 3.25. The third kappa shape index (κ3) is 4.72. The van der Waals surface area contributed by atoms with Crippen molar-refractivity contribution in [1.29, 1.82) is 0 Å². The molecule has 1 heterocycles. The zero-order valence-electron chi connectivity index (χ0n) is 11.7. The smallest absolute Gasteiger partial charge is 0.239 e. The lowest BCUT2D eigenvalue weighted by atomic mass is 10.3. The monoisotopic (exact) mass is 286 g/mol. The fourth-order valence-electron chi connectivity index (χ4n) is 1.72. The summed E-state index contributed by atoms with van der Waals surface area (Å²) >= 11 is 0. The van der Waals surface area contributed by atoms with Gasteiger partial charge in [0, 0.05) is 0 Å². The molecule has 0 unspecified atom stereocenters. The largest absolute Gasteiger partial charge is 0.487 e. The molecule has 21 heavy (non-hydrogen) atoms. The Kier molecular flexibility index (Phi) is 5.46. The van der Waals surface area contributed by atoms with Gasteiger partial charge in [0.05, 0.1) is 25.0 Å². The molecule has 0 saturated heterocycles. The molecule has 5 heteroatoms. The predicted molar refractivity (Wildman–Crippen MR) is 81.2 cm³/mol. The fraction of sp³-hybridized carbons (Fsp3) is 0.188. The number of ether oxygens (including phenoxy) is 1. The highest BCUT2D eigenvalue weighted by Gasteiger charge is 2.06. The van der Waals surface area contributed by atoms with Crippen molar-refractivity contribution in [3.05, 3.63) is 61.1 Å². The van der Waals surface area contributed by atoms with Crippen molar-refractivity contribution in [2.45, 2.75) is 6.54 Å². The van der Waals surface area contributed by atoms with Crippen LogP contribution in [0.2, 0.25) is 0 Å². The van der Waals surface area contributed by atoms with Gasteiger partial charge in [0.25, 0.3) is 0 Å². The van der Waals surface area contributed by atoms with Crippen LogP contribution in [0.15, 0.2) is 59.7 Å². The van der Waals surface area contributed by atoms with Crippen molar-refractivity contribution in [3.8, 4) is 5.75 Å². The van der Waals surface area contributed by atoms with E-state index >= 15 is 0 Å². The molecule has 1 aromatic carbocycles. The van der Waals surface area contributed by atoms with Gasteiger partial charge in [-0.1, -0.05) is 24.8 Å². The molecule has 0 aliphatic carbocycles. The summed E-state index contributed by atoms with van der Waals surface area (Å²) in [6.45, 7) is 4.57. The van der Waals surface area contributed by atoms with E-state index in [-0.39, 0.29) is 12.5 Å². The highest BCUT2D eigenvalue weighted by atomic mass is 16.5. The van der Waals surface area contributed by atoms with E-state index in [1.54, 1.807) is 18.4 Å². The number of amides is 1. The molecule has 2 rings (SSSR count).